The smallest absolute Gasteiger partial charge is 0.257 e. The summed E-state index contributed by atoms with van der Waals surface area (Å²) in [5.74, 6) is -0.441. The number of hydrogen-bond acceptors (Lipinski definition) is 5. The van der Waals surface area contributed by atoms with Crippen LogP contribution in [0.15, 0.2) is 36.4 Å². The number of amides is 2. The molecule has 0 radical (unpaired) electrons. The minimum Gasteiger partial charge on any atom is -0.508 e. The van der Waals surface area contributed by atoms with E-state index >= 15 is 0 Å². The second kappa shape index (κ2) is 7.75. The molecule has 1 heterocycles. The molecule has 1 saturated heterocycles. The zero-order valence-corrected chi connectivity index (χ0v) is 15.4. The third kappa shape index (κ3) is 4.09. The van der Waals surface area contributed by atoms with Gasteiger partial charge in [0.25, 0.3) is 11.8 Å². The van der Waals surface area contributed by atoms with Crippen LogP contribution in [0.1, 0.15) is 20.7 Å². The Kier molecular flexibility index (Phi) is 5.41. The van der Waals surface area contributed by atoms with E-state index in [-0.39, 0.29) is 28.9 Å². The molecule has 7 nitrogen and oxygen atoms in total. The molecule has 0 bridgehead atoms. The van der Waals surface area contributed by atoms with Gasteiger partial charge in [-0.05, 0) is 30.3 Å². The lowest BCUT2D eigenvalue weighted by Crippen LogP contribution is -2.50. The molecule has 1 aliphatic rings. The van der Waals surface area contributed by atoms with Crippen molar-refractivity contribution in [2.75, 3.05) is 33.3 Å². The molecule has 2 amide bonds. The first-order valence-electron chi connectivity index (χ1n) is 8.34. The fourth-order valence-electron chi connectivity index (χ4n) is 3.03. The van der Waals surface area contributed by atoms with Crippen LogP contribution in [0.5, 0.6) is 17.2 Å². The normalized spacial score (nSPS) is 14.1. The van der Waals surface area contributed by atoms with Gasteiger partial charge < -0.3 is 24.7 Å². The van der Waals surface area contributed by atoms with Crippen LogP contribution in [-0.2, 0) is 0 Å². The van der Waals surface area contributed by atoms with E-state index in [1.165, 1.54) is 19.2 Å². The second-order valence-electron chi connectivity index (χ2n) is 6.17. The van der Waals surface area contributed by atoms with Gasteiger partial charge in [0.05, 0.1) is 12.7 Å². The predicted octanol–water partition coefficient (Wildman–Crippen LogP) is 2.36. The van der Waals surface area contributed by atoms with Gasteiger partial charge in [-0.3, -0.25) is 9.59 Å². The van der Waals surface area contributed by atoms with Gasteiger partial charge in [-0.25, -0.2) is 0 Å². The summed E-state index contributed by atoms with van der Waals surface area (Å²) >= 11 is 5.99. The Hall–Kier alpha value is -2.93. The highest BCUT2D eigenvalue weighted by Crippen LogP contribution is 2.25. The van der Waals surface area contributed by atoms with E-state index in [0.717, 1.165) is 6.07 Å². The molecular weight excluding hydrogens is 372 g/mol. The Labute approximate surface area is 161 Å². The van der Waals surface area contributed by atoms with Crippen molar-refractivity contribution in [2.24, 2.45) is 0 Å². The number of piperazine rings is 1. The van der Waals surface area contributed by atoms with Crippen molar-refractivity contribution in [3.63, 3.8) is 0 Å². The van der Waals surface area contributed by atoms with E-state index in [4.69, 9.17) is 16.3 Å². The molecule has 0 saturated carbocycles. The maximum absolute atomic E-state index is 12.8. The van der Waals surface area contributed by atoms with Crippen LogP contribution in [-0.4, -0.2) is 65.1 Å². The molecule has 0 spiro atoms. The van der Waals surface area contributed by atoms with E-state index in [1.54, 1.807) is 28.0 Å². The van der Waals surface area contributed by atoms with Gasteiger partial charge in [-0.1, -0.05) is 11.6 Å². The van der Waals surface area contributed by atoms with Crippen LogP contribution >= 0.6 is 11.6 Å². The number of benzene rings is 2. The Bertz CT molecular complexity index is 858. The van der Waals surface area contributed by atoms with Crippen molar-refractivity contribution in [3.8, 4) is 17.2 Å². The Balaban J connectivity index is 1.69. The molecule has 1 fully saturated rings. The van der Waals surface area contributed by atoms with Gasteiger partial charge in [0.2, 0.25) is 0 Å². The molecule has 142 valence electrons. The van der Waals surface area contributed by atoms with Gasteiger partial charge in [0.15, 0.2) is 0 Å². The van der Waals surface area contributed by atoms with Gasteiger partial charge in [-0.2, -0.15) is 0 Å². The largest absolute Gasteiger partial charge is 0.508 e. The molecule has 2 aromatic rings. The minimum absolute atomic E-state index is 0.180. The Morgan fingerprint density at radius 3 is 2.04 bits per heavy atom. The molecule has 8 heteroatoms. The summed E-state index contributed by atoms with van der Waals surface area (Å²) in [5, 5.41) is 19.5. The molecule has 2 N–H and O–H groups in total. The van der Waals surface area contributed by atoms with Crippen LogP contribution < -0.4 is 4.74 Å². The summed E-state index contributed by atoms with van der Waals surface area (Å²) < 4.78 is 5.23. The van der Waals surface area contributed by atoms with Gasteiger partial charge in [0, 0.05) is 42.8 Å². The molecular formula is C19H19ClN2O5. The number of hydrogen-bond donors (Lipinski definition) is 2. The zero-order chi connectivity index (χ0) is 19.6. The fourth-order valence-corrected chi connectivity index (χ4v) is 3.20. The van der Waals surface area contributed by atoms with E-state index in [2.05, 4.69) is 0 Å². The van der Waals surface area contributed by atoms with Gasteiger partial charge in [0.1, 0.15) is 17.2 Å². The zero-order valence-electron chi connectivity index (χ0n) is 14.7. The Morgan fingerprint density at radius 2 is 1.48 bits per heavy atom. The third-order valence-corrected chi connectivity index (χ3v) is 4.63. The van der Waals surface area contributed by atoms with E-state index in [0.29, 0.717) is 42.5 Å². The predicted molar refractivity (Wildman–Crippen MR) is 99.6 cm³/mol. The standard InChI is InChI=1S/C19H19ClN2O5/c1-27-17-3-2-13(20)10-16(17)19(26)22-6-4-21(5-7-22)18(25)12-8-14(23)11-15(24)9-12/h2-3,8-11,23-24H,4-7H2,1H3. The van der Waals surface area contributed by atoms with E-state index < -0.39 is 0 Å². The van der Waals surface area contributed by atoms with Crippen LogP contribution in [0.25, 0.3) is 0 Å². The minimum atomic E-state index is -0.311. The number of nitrogens with zero attached hydrogens (tertiary/aromatic N) is 2. The number of methoxy groups -OCH3 is 1. The molecule has 3 rings (SSSR count). The first kappa shape index (κ1) is 18.8. The highest BCUT2D eigenvalue weighted by atomic mass is 35.5. The maximum Gasteiger partial charge on any atom is 0.257 e. The topological polar surface area (TPSA) is 90.3 Å². The summed E-state index contributed by atoms with van der Waals surface area (Å²) in [7, 11) is 1.49. The van der Waals surface area contributed by atoms with Crippen molar-refractivity contribution in [1.82, 2.24) is 9.80 Å². The van der Waals surface area contributed by atoms with Crippen molar-refractivity contribution >= 4 is 23.4 Å². The molecule has 27 heavy (non-hydrogen) atoms. The quantitative estimate of drug-likeness (QED) is 0.839. The summed E-state index contributed by atoms with van der Waals surface area (Å²) in [6, 6.07) is 8.62. The highest BCUT2D eigenvalue weighted by molar-refractivity contribution is 6.31. The summed E-state index contributed by atoms with van der Waals surface area (Å²) in [5.41, 5.74) is 0.575. The van der Waals surface area contributed by atoms with Crippen molar-refractivity contribution in [2.45, 2.75) is 0 Å². The average Bonchev–Trinajstić information content (AvgIpc) is 2.66. The Morgan fingerprint density at radius 1 is 0.926 bits per heavy atom. The SMILES string of the molecule is COc1ccc(Cl)cc1C(=O)N1CCN(C(=O)c2cc(O)cc(O)c2)CC1. The fraction of sp³-hybridized carbons (Fsp3) is 0.263. The first-order chi connectivity index (χ1) is 12.9. The van der Waals surface area contributed by atoms with Crippen molar-refractivity contribution in [1.29, 1.82) is 0 Å². The molecule has 0 aliphatic carbocycles. The lowest BCUT2D eigenvalue weighted by atomic mass is 10.1. The van der Waals surface area contributed by atoms with Crippen molar-refractivity contribution in [3.05, 3.63) is 52.5 Å². The number of ether oxygens (including phenoxy) is 1. The number of carbonyl (C=O) groups is 2. The number of phenolic OH excluding ortho intramolecular Hbond substituents is 2. The third-order valence-electron chi connectivity index (χ3n) is 4.40. The number of rotatable bonds is 3. The van der Waals surface area contributed by atoms with Crippen molar-refractivity contribution < 1.29 is 24.5 Å². The summed E-state index contributed by atoms with van der Waals surface area (Å²) in [6.45, 7) is 1.38. The van der Waals surface area contributed by atoms with Crippen LogP contribution in [0.4, 0.5) is 0 Å². The summed E-state index contributed by atoms with van der Waals surface area (Å²) in [6.07, 6.45) is 0. The maximum atomic E-state index is 12.8. The van der Waals surface area contributed by atoms with Crippen LogP contribution in [0.3, 0.4) is 0 Å². The number of halogens is 1. The monoisotopic (exact) mass is 390 g/mol. The molecule has 0 unspecified atom stereocenters. The molecule has 0 atom stereocenters. The molecule has 1 aliphatic heterocycles. The summed E-state index contributed by atoms with van der Waals surface area (Å²) in [4.78, 5) is 28.6. The highest BCUT2D eigenvalue weighted by Gasteiger charge is 2.27. The first-order valence-corrected chi connectivity index (χ1v) is 8.72. The lowest BCUT2D eigenvalue weighted by molar-refractivity contribution is 0.0533. The average molecular weight is 391 g/mol. The molecule has 0 aromatic heterocycles. The lowest BCUT2D eigenvalue weighted by Gasteiger charge is -2.35. The number of carbonyl (C=O) groups excluding carboxylic acids is 2. The van der Waals surface area contributed by atoms with Crippen LogP contribution in [0.2, 0.25) is 5.02 Å². The van der Waals surface area contributed by atoms with Gasteiger partial charge >= 0.3 is 0 Å². The van der Waals surface area contributed by atoms with Crippen LogP contribution in [0, 0.1) is 0 Å². The number of phenols is 2. The van der Waals surface area contributed by atoms with Gasteiger partial charge in [-0.15, -0.1) is 0 Å². The number of aromatic hydroxyl groups is 2. The molecule has 2 aromatic carbocycles. The van der Waals surface area contributed by atoms with E-state index in [9.17, 15) is 19.8 Å². The van der Waals surface area contributed by atoms with E-state index in [1.807, 2.05) is 0 Å². The second-order valence-corrected chi connectivity index (χ2v) is 6.60.